The second-order valence-electron chi connectivity index (χ2n) is 4.26. The maximum Gasteiger partial charge on any atom is 0.327 e. The number of hydrogen-bond donors (Lipinski definition) is 3. The molecule has 3 rings (SSSR count). The number of para-hydroxylation sites is 1. The van der Waals surface area contributed by atoms with E-state index in [-0.39, 0.29) is 11.2 Å². The van der Waals surface area contributed by atoms with Crippen molar-refractivity contribution in [3.63, 3.8) is 0 Å². The van der Waals surface area contributed by atoms with Crippen molar-refractivity contribution in [1.82, 2.24) is 19.9 Å². The van der Waals surface area contributed by atoms with Crippen molar-refractivity contribution in [2.24, 2.45) is 0 Å². The van der Waals surface area contributed by atoms with Gasteiger partial charge < -0.3 is 14.5 Å². The highest BCUT2D eigenvalue weighted by molar-refractivity contribution is 5.78. The summed E-state index contributed by atoms with van der Waals surface area (Å²) < 4.78 is 10.6. The van der Waals surface area contributed by atoms with Crippen LogP contribution in [-0.2, 0) is 0 Å². The Morgan fingerprint density at radius 1 is 1.05 bits per heavy atom. The normalized spacial score (nSPS) is 10.8. The number of nitrogens with one attached hydrogen (secondary N) is 3. The third kappa shape index (κ3) is 2.06. The first-order chi connectivity index (χ1) is 10.1. The van der Waals surface area contributed by atoms with E-state index in [1.54, 1.807) is 18.2 Å². The molecule has 0 atom stereocenters. The van der Waals surface area contributed by atoms with Gasteiger partial charge >= 0.3 is 5.69 Å². The van der Waals surface area contributed by atoms with Crippen LogP contribution in [0.2, 0.25) is 0 Å². The van der Waals surface area contributed by atoms with Crippen LogP contribution in [0.25, 0.3) is 22.6 Å². The zero-order valence-corrected chi connectivity index (χ0v) is 11.3. The number of benzene rings is 1. The fraction of sp³-hybridized carbons (Fsp3) is 0.154. The van der Waals surface area contributed by atoms with Gasteiger partial charge in [-0.3, -0.25) is 14.8 Å². The summed E-state index contributed by atoms with van der Waals surface area (Å²) in [6, 6.07) is 5.29. The highest BCUT2D eigenvalue weighted by atomic mass is 16.5. The Morgan fingerprint density at radius 2 is 1.86 bits per heavy atom. The number of hydrogen-bond acceptors (Lipinski definition) is 5. The van der Waals surface area contributed by atoms with Crippen LogP contribution in [0.1, 0.15) is 0 Å². The van der Waals surface area contributed by atoms with Crippen molar-refractivity contribution < 1.29 is 9.47 Å². The molecule has 8 heteroatoms. The molecule has 0 aliphatic heterocycles. The van der Waals surface area contributed by atoms with Crippen molar-refractivity contribution in [2.75, 3.05) is 14.2 Å². The minimum absolute atomic E-state index is 0.184. The lowest BCUT2D eigenvalue weighted by atomic mass is 10.2. The predicted molar refractivity (Wildman–Crippen MR) is 75.9 cm³/mol. The molecule has 3 aromatic rings. The molecule has 8 nitrogen and oxygen atoms in total. The van der Waals surface area contributed by atoms with Gasteiger partial charge in [0.25, 0.3) is 5.56 Å². The van der Waals surface area contributed by atoms with Crippen molar-refractivity contribution >= 4 is 11.2 Å². The van der Waals surface area contributed by atoms with Gasteiger partial charge in [0.15, 0.2) is 17.1 Å². The monoisotopic (exact) mass is 288 g/mol. The van der Waals surface area contributed by atoms with Gasteiger partial charge in [0.2, 0.25) is 0 Å². The molecule has 0 saturated heterocycles. The van der Waals surface area contributed by atoms with Gasteiger partial charge in [-0.25, -0.2) is 9.78 Å². The number of nitrogens with zero attached hydrogens (tertiary/aromatic N) is 1. The van der Waals surface area contributed by atoms with E-state index in [1.807, 2.05) is 0 Å². The minimum Gasteiger partial charge on any atom is -0.493 e. The highest BCUT2D eigenvalue weighted by Gasteiger charge is 2.16. The number of aromatic nitrogens is 4. The summed E-state index contributed by atoms with van der Waals surface area (Å²) in [6.45, 7) is 0. The van der Waals surface area contributed by atoms with Crippen LogP contribution in [0.4, 0.5) is 0 Å². The lowest BCUT2D eigenvalue weighted by Crippen LogP contribution is -2.21. The third-order valence-corrected chi connectivity index (χ3v) is 3.05. The summed E-state index contributed by atoms with van der Waals surface area (Å²) in [6.07, 6.45) is 0. The quantitative estimate of drug-likeness (QED) is 0.654. The van der Waals surface area contributed by atoms with E-state index in [1.165, 1.54) is 14.2 Å². The van der Waals surface area contributed by atoms with E-state index in [4.69, 9.17) is 9.47 Å². The van der Waals surface area contributed by atoms with Gasteiger partial charge in [-0.2, -0.15) is 0 Å². The van der Waals surface area contributed by atoms with Crippen LogP contribution in [0.5, 0.6) is 11.5 Å². The topological polar surface area (TPSA) is 113 Å². The van der Waals surface area contributed by atoms with E-state index >= 15 is 0 Å². The number of ether oxygens (including phenoxy) is 2. The van der Waals surface area contributed by atoms with E-state index in [9.17, 15) is 9.59 Å². The molecule has 0 saturated carbocycles. The Balaban J connectivity index is 2.28. The lowest BCUT2D eigenvalue weighted by Gasteiger charge is -2.10. The van der Waals surface area contributed by atoms with Gasteiger partial charge in [-0.15, -0.1) is 0 Å². The standard InChI is InChI=1S/C13H12N4O4/c1-20-7-5-3-4-6(9(7)21-2)10-14-8-11(15-10)16-13(19)17-12(8)18/h3-5H,1-2H3,(H3,14,15,16,17,18,19). The maximum atomic E-state index is 11.7. The van der Waals surface area contributed by atoms with Crippen LogP contribution in [-0.4, -0.2) is 34.2 Å². The van der Waals surface area contributed by atoms with E-state index < -0.39 is 11.2 Å². The van der Waals surface area contributed by atoms with Crippen LogP contribution in [0.15, 0.2) is 27.8 Å². The second kappa shape index (κ2) is 4.82. The molecule has 21 heavy (non-hydrogen) atoms. The molecule has 0 aliphatic rings. The van der Waals surface area contributed by atoms with Crippen LogP contribution >= 0.6 is 0 Å². The zero-order valence-electron chi connectivity index (χ0n) is 11.3. The van der Waals surface area contributed by atoms with Crippen molar-refractivity contribution in [1.29, 1.82) is 0 Å². The molecule has 0 unspecified atom stereocenters. The molecular formula is C13H12N4O4. The molecule has 108 valence electrons. The molecule has 0 spiro atoms. The fourth-order valence-electron chi connectivity index (χ4n) is 2.13. The largest absolute Gasteiger partial charge is 0.493 e. The minimum atomic E-state index is -0.608. The number of fused-ring (bicyclic) bond motifs is 1. The SMILES string of the molecule is COc1cccc(-c2nc3[nH]c(=O)[nH]c(=O)c3[nH]2)c1OC. The van der Waals surface area contributed by atoms with Gasteiger partial charge in [0.05, 0.1) is 19.8 Å². The first kappa shape index (κ1) is 13.0. The summed E-state index contributed by atoms with van der Waals surface area (Å²) >= 11 is 0. The first-order valence-electron chi connectivity index (χ1n) is 6.07. The Hall–Kier alpha value is -3.03. The van der Waals surface area contributed by atoms with Crippen molar-refractivity contribution in [2.45, 2.75) is 0 Å². The Morgan fingerprint density at radius 3 is 2.57 bits per heavy atom. The molecular weight excluding hydrogens is 276 g/mol. The van der Waals surface area contributed by atoms with Gasteiger partial charge in [0.1, 0.15) is 11.3 Å². The molecule has 0 aliphatic carbocycles. The summed E-state index contributed by atoms with van der Waals surface area (Å²) in [5.74, 6) is 1.42. The molecule has 0 radical (unpaired) electrons. The first-order valence-corrected chi connectivity index (χ1v) is 6.07. The Kier molecular flexibility index (Phi) is 2.98. The number of methoxy groups -OCH3 is 2. The molecule has 2 aromatic heterocycles. The van der Waals surface area contributed by atoms with Gasteiger partial charge in [-0.05, 0) is 12.1 Å². The second-order valence-corrected chi connectivity index (χ2v) is 4.26. The van der Waals surface area contributed by atoms with Crippen LogP contribution in [0.3, 0.4) is 0 Å². The molecule has 0 amide bonds. The van der Waals surface area contributed by atoms with Crippen molar-refractivity contribution in [3.05, 3.63) is 39.0 Å². The van der Waals surface area contributed by atoms with Crippen LogP contribution < -0.4 is 20.7 Å². The summed E-state index contributed by atoms with van der Waals surface area (Å²) in [5.41, 5.74) is -0.149. The Bertz CT molecular complexity index is 922. The zero-order chi connectivity index (χ0) is 15.0. The highest BCUT2D eigenvalue weighted by Crippen LogP contribution is 2.36. The van der Waals surface area contributed by atoms with Crippen molar-refractivity contribution in [3.8, 4) is 22.9 Å². The van der Waals surface area contributed by atoms with Gasteiger partial charge in [-0.1, -0.05) is 6.07 Å². The predicted octanol–water partition coefficient (Wildman–Crippen LogP) is 0.624. The van der Waals surface area contributed by atoms with E-state index in [2.05, 4.69) is 19.9 Å². The lowest BCUT2D eigenvalue weighted by molar-refractivity contribution is 0.356. The fourth-order valence-corrected chi connectivity index (χ4v) is 2.13. The molecule has 0 bridgehead atoms. The summed E-state index contributed by atoms with van der Waals surface area (Å²) in [4.78, 5) is 34.7. The average molecular weight is 288 g/mol. The average Bonchev–Trinajstić information content (AvgIpc) is 2.90. The molecule has 2 heterocycles. The third-order valence-electron chi connectivity index (χ3n) is 3.05. The van der Waals surface area contributed by atoms with Gasteiger partial charge in [0, 0.05) is 0 Å². The number of imidazole rings is 1. The molecule has 3 N–H and O–H groups in total. The smallest absolute Gasteiger partial charge is 0.327 e. The Labute approximate surface area is 117 Å². The maximum absolute atomic E-state index is 11.7. The molecule has 1 aromatic carbocycles. The van der Waals surface area contributed by atoms with E-state index in [0.717, 1.165) is 0 Å². The summed E-state index contributed by atoms with van der Waals surface area (Å²) in [5, 5.41) is 0. The summed E-state index contributed by atoms with van der Waals surface area (Å²) in [7, 11) is 3.04. The number of aromatic amines is 3. The van der Waals surface area contributed by atoms with Crippen LogP contribution in [0, 0.1) is 0 Å². The molecule has 0 fully saturated rings. The number of H-pyrrole nitrogens is 3. The van der Waals surface area contributed by atoms with E-state index in [0.29, 0.717) is 22.9 Å². The number of rotatable bonds is 3.